The molecule has 1 rings (SSSR count). The summed E-state index contributed by atoms with van der Waals surface area (Å²) in [5, 5.41) is 19.3. The zero-order chi connectivity index (χ0) is 16.2. The molecule has 9 nitrogen and oxygen atoms in total. The summed E-state index contributed by atoms with van der Waals surface area (Å²) in [5.74, 6) is -1.72. The largest absolute Gasteiger partial charge is 0.463 e. The molecule has 9 heteroatoms. The zero-order valence-electron chi connectivity index (χ0n) is 12.3. The van der Waals surface area contributed by atoms with Gasteiger partial charge in [-0.3, -0.25) is 24.8 Å². The molecular weight excluding hydrogens is 280 g/mol. The zero-order valence-corrected chi connectivity index (χ0v) is 12.3. The third-order valence-electron chi connectivity index (χ3n) is 2.64. The summed E-state index contributed by atoms with van der Waals surface area (Å²) in [6.45, 7) is 6.49. The Balaban J connectivity index is 2.67. The fourth-order valence-electron chi connectivity index (χ4n) is 1.57. The van der Waals surface area contributed by atoms with Crippen LogP contribution in [0.1, 0.15) is 37.0 Å². The second kappa shape index (κ2) is 6.82. The van der Waals surface area contributed by atoms with E-state index in [1.165, 1.54) is 6.92 Å². The predicted molar refractivity (Wildman–Crippen MR) is 72.7 cm³/mol. The van der Waals surface area contributed by atoms with Crippen molar-refractivity contribution in [1.82, 2.24) is 15.5 Å². The van der Waals surface area contributed by atoms with Crippen LogP contribution in [0.5, 0.6) is 0 Å². The van der Waals surface area contributed by atoms with Crippen LogP contribution in [0.25, 0.3) is 0 Å². The van der Waals surface area contributed by atoms with Gasteiger partial charge in [0, 0.05) is 6.54 Å². The highest BCUT2D eigenvalue weighted by Gasteiger charge is 2.27. The highest BCUT2D eigenvalue weighted by atomic mass is 16.6. The topological polar surface area (TPSA) is 127 Å². The van der Waals surface area contributed by atoms with E-state index in [1.807, 2.05) is 0 Å². The van der Waals surface area contributed by atoms with Gasteiger partial charge in [-0.25, -0.2) is 0 Å². The van der Waals surface area contributed by atoms with E-state index in [4.69, 9.17) is 4.74 Å². The van der Waals surface area contributed by atoms with E-state index in [1.54, 1.807) is 20.8 Å². The average Bonchev–Trinajstić information content (AvgIpc) is 2.76. The Labute approximate surface area is 121 Å². The minimum Gasteiger partial charge on any atom is -0.463 e. The van der Waals surface area contributed by atoms with Gasteiger partial charge in [-0.15, -0.1) is 0 Å². The number of nitrogens with one attached hydrogen (secondary N) is 2. The van der Waals surface area contributed by atoms with Crippen LogP contribution < -0.4 is 5.32 Å². The standard InChI is InChI=1S/C12H18N4O5/c1-6(2)21-12(18)7(3)5-13-11(17)9-10(16(19)20)8(4)14-15-9/h6-7H,5H2,1-4H3,(H,13,17)(H,14,15). The van der Waals surface area contributed by atoms with Crippen LogP contribution in [0.2, 0.25) is 0 Å². The van der Waals surface area contributed by atoms with Gasteiger partial charge in [0.05, 0.1) is 16.9 Å². The van der Waals surface area contributed by atoms with E-state index < -0.39 is 22.7 Å². The molecule has 1 aromatic rings. The van der Waals surface area contributed by atoms with Gasteiger partial charge in [0.25, 0.3) is 5.91 Å². The van der Waals surface area contributed by atoms with Gasteiger partial charge in [-0.1, -0.05) is 6.92 Å². The fraction of sp³-hybridized carbons (Fsp3) is 0.583. The maximum atomic E-state index is 11.9. The third kappa shape index (κ3) is 4.26. The first-order valence-electron chi connectivity index (χ1n) is 6.42. The fourth-order valence-corrected chi connectivity index (χ4v) is 1.57. The number of hydrogen-bond donors (Lipinski definition) is 2. The lowest BCUT2D eigenvalue weighted by Crippen LogP contribution is -2.33. The monoisotopic (exact) mass is 298 g/mol. The van der Waals surface area contributed by atoms with Gasteiger partial charge in [-0.2, -0.15) is 5.10 Å². The number of rotatable bonds is 6. The van der Waals surface area contributed by atoms with Gasteiger partial charge >= 0.3 is 11.7 Å². The van der Waals surface area contributed by atoms with Gasteiger partial charge < -0.3 is 10.1 Å². The molecule has 0 saturated heterocycles. The van der Waals surface area contributed by atoms with Crippen molar-refractivity contribution in [2.24, 2.45) is 5.92 Å². The maximum Gasteiger partial charge on any atom is 0.322 e. The van der Waals surface area contributed by atoms with Crippen molar-refractivity contribution in [1.29, 1.82) is 0 Å². The SMILES string of the molecule is Cc1[nH]nc(C(=O)NCC(C)C(=O)OC(C)C)c1[N+](=O)[O-]. The Kier molecular flexibility index (Phi) is 5.39. The highest BCUT2D eigenvalue weighted by Crippen LogP contribution is 2.19. The molecule has 1 atom stereocenters. The number of nitrogens with zero attached hydrogens (tertiary/aromatic N) is 2. The molecule has 1 unspecified atom stereocenters. The number of carbonyl (C=O) groups excluding carboxylic acids is 2. The number of esters is 1. The first kappa shape index (κ1) is 16.6. The summed E-state index contributed by atoms with van der Waals surface area (Å²) in [5.41, 5.74) is -0.482. The molecule has 1 amide bonds. The van der Waals surface area contributed by atoms with Gasteiger partial charge in [-0.05, 0) is 20.8 Å². The molecule has 0 radical (unpaired) electrons. The van der Waals surface area contributed by atoms with Crippen LogP contribution in [0.3, 0.4) is 0 Å². The van der Waals surface area contributed by atoms with E-state index in [2.05, 4.69) is 15.5 Å². The van der Waals surface area contributed by atoms with Crippen molar-refractivity contribution in [2.45, 2.75) is 33.8 Å². The quantitative estimate of drug-likeness (QED) is 0.457. The minimum absolute atomic E-state index is 0.00739. The summed E-state index contributed by atoms with van der Waals surface area (Å²) in [6, 6.07) is 0. The Morgan fingerprint density at radius 2 is 2.05 bits per heavy atom. The Morgan fingerprint density at radius 1 is 1.43 bits per heavy atom. The molecule has 0 aliphatic carbocycles. The first-order chi connectivity index (χ1) is 9.73. The number of amides is 1. The van der Waals surface area contributed by atoms with E-state index in [-0.39, 0.29) is 29.7 Å². The van der Waals surface area contributed by atoms with Crippen molar-refractivity contribution in [2.75, 3.05) is 6.54 Å². The normalized spacial score (nSPS) is 12.0. The van der Waals surface area contributed by atoms with Crippen molar-refractivity contribution in [3.8, 4) is 0 Å². The van der Waals surface area contributed by atoms with Gasteiger partial charge in [0.2, 0.25) is 5.69 Å². The molecule has 116 valence electrons. The van der Waals surface area contributed by atoms with Crippen LogP contribution >= 0.6 is 0 Å². The van der Waals surface area contributed by atoms with E-state index in [0.717, 1.165) is 0 Å². The molecule has 0 aliphatic heterocycles. The number of aromatic nitrogens is 2. The van der Waals surface area contributed by atoms with Gasteiger partial charge in [0.15, 0.2) is 0 Å². The number of nitro groups is 1. The number of carbonyl (C=O) groups is 2. The van der Waals surface area contributed by atoms with Crippen LogP contribution in [0.15, 0.2) is 0 Å². The lowest BCUT2D eigenvalue weighted by Gasteiger charge is -2.13. The molecule has 0 fully saturated rings. The lowest BCUT2D eigenvalue weighted by atomic mass is 10.2. The van der Waals surface area contributed by atoms with E-state index in [0.29, 0.717) is 0 Å². The van der Waals surface area contributed by atoms with Crippen LogP contribution in [0.4, 0.5) is 5.69 Å². The van der Waals surface area contributed by atoms with Gasteiger partial charge in [0.1, 0.15) is 5.69 Å². The number of aromatic amines is 1. The second-order valence-electron chi connectivity index (χ2n) is 4.90. The number of H-pyrrole nitrogens is 1. The molecule has 21 heavy (non-hydrogen) atoms. The van der Waals surface area contributed by atoms with Crippen LogP contribution in [-0.2, 0) is 9.53 Å². The van der Waals surface area contributed by atoms with E-state index in [9.17, 15) is 19.7 Å². The molecule has 0 bridgehead atoms. The molecule has 0 aliphatic rings. The third-order valence-corrected chi connectivity index (χ3v) is 2.64. The van der Waals surface area contributed by atoms with Crippen LogP contribution in [-0.4, -0.2) is 39.6 Å². The second-order valence-corrected chi connectivity index (χ2v) is 4.90. The smallest absolute Gasteiger partial charge is 0.322 e. The van der Waals surface area contributed by atoms with Crippen molar-refractivity contribution < 1.29 is 19.2 Å². The molecule has 2 N–H and O–H groups in total. The molecule has 1 heterocycles. The Morgan fingerprint density at radius 3 is 2.57 bits per heavy atom. The summed E-state index contributed by atoms with van der Waals surface area (Å²) in [4.78, 5) is 33.7. The summed E-state index contributed by atoms with van der Waals surface area (Å²) in [6.07, 6.45) is -0.245. The van der Waals surface area contributed by atoms with Crippen molar-refractivity contribution in [3.05, 3.63) is 21.5 Å². The van der Waals surface area contributed by atoms with Crippen LogP contribution in [0, 0.1) is 23.0 Å². The van der Waals surface area contributed by atoms with Crippen molar-refractivity contribution in [3.63, 3.8) is 0 Å². The summed E-state index contributed by atoms with van der Waals surface area (Å²) >= 11 is 0. The predicted octanol–water partition coefficient (Wildman–Crippen LogP) is 0.944. The maximum absolute atomic E-state index is 11.9. The summed E-state index contributed by atoms with van der Waals surface area (Å²) < 4.78 is 5.00. The Bertz CT molecular complexity index is 552. The number of ether oxygens (including phenoxy) is 1. The highest BCUT2D eigenvalue weighted by molar-refractivity contribution is 5.96. The number of aryl methyl sites for hydroxylation is 1. The first-order valence-corrected chi connectivity index (χ1v) is 6.42. The average molecular weight is 298 g/mol. The molecule has 0 spiro atoms. The summed E-state index contributed by atoms with van der Waals surface area (Å²) in [7, 11) is 0. The lowest BCUT2D eigenvalue weighted by molar-refractivity contribution is -0.385. The number of hydrogen-bond acceptors (Lipinski definition) is 6. The van der Waals surface area contributed by atoms with E-state index >= 15 is 0 Å². The molecule has 0 aromatic carbocycles. The molecular formula is C12H18N4O5. The molecule has 1 aromatic heterocycles. The molecule has 0 saturated carbocycles. The van der Waals surface area contributed by atoms with Crippen molar-refractivity contribution >= 4 is 17.6 Å². The minimum atomic E-state index is -0.713. The Hall–Kier alpha value is -2.45.